The Morgan fingerprint density at radius 2 is 2.14 bits per heavy atom. The van der Waals surface area contributed by atoms with Gasteiger partial charge in [0.2, 0.25) is 5.91 Å². The fraction of sp³-hybridized carbons (Fsp3) is 0.500. The first-order valence-electron chi connectivity index (χ1n) is 7.43. The van der Waals surface area contributed by atoms with Crippen LogP contribution in [0.1, 0.15) is 43.0 Å². The molecule has 5 heteroatoms. The molecule has 0 atom stereocenters. The average molecular weight is 290 g/mol. The molecule has 0 aromatic heterocycles. The summed E-state index contributed by atoms with van der Waals surface area (Å²) in [5.74, 6) is -0.273. The summed E-state index contributed by atoms with van der Waals surface area (Å²) in [7, 11) is 1.36. The van der Waals surface area contributed by atoms with Crippen molar-refractivity contribution in [3.63, 3.8) is 0 Å². The lowest BCUT2D eigenvalue weighted by atomic mass is 10.1. The molecule has 1 fully saturated rings. The van der Waals surface area contributed by atoms with Crippen LogP contribution in [0.5, 0.6) is 0 Å². The maximum Gasteiger partial charge on any atom is 0.337 e. The zero-order valence-corrected chi connectivity index (χ0v) is 12.6. The van der Waals surface area contributed by atoms with Gasteiger partial charge in [-0.05, 0) is 37.5 Å². The normalized spacial score (nSPS) is 15.0. The molecule has 0 spiro atoms. The number of nitrogens with one attached hydrogen (secondary N) is 1. The number of carbonyl (C=O) groups excluding carboxylic acids is 2. The van der Waals surface area contributed by atoms with Crippen molar-refractivity contribution in [2.75, 3.05) is 30.4 Å². The van der Waals surface area contributed by atoms with Gasteiger partial charge in [-0.25, -0.2) is 4.79 Å². The van der Waals surface area contributed by atoms with E-state index >= 15 is 0 Å². The van der Waals surface area contributed by atoms with E-state index in [0.717, 1.165) is 37.2 Å². The molecule has 1 aliphatic heterocycles. The lowest BCUT2D eigenvalue weighted by Gasteiger charge is -2.27. The molecule has 0 unspecified atom stereocenters. The van der Waals surface area contributed by atoms with Crippen molar-refractivity contribution in [2.45, 2.75) is 32.6 Å². The van der Waals surface area contributed by atoms with Crippen molar-refractivity contribution in [1.82, 2.24) is 0 Å². The predicted molar refractivity (Wildman–Crippen MR) is 82.8 cm³/mol. The Bertz CT molecular complexity index is 528. The fourth-order valence-electron chi connectivity index (χ4n) is 2.45. The highest BCUT2D eigenvalue weighted by Gasteiger charge is 2.21. The van der Waals surface area contributed by atoms with E-state index in [4.69, 9.17) is 4.74 Å². The number of rotatable bonds is 5. The maximum atomic E-state index is 12.1. The third-order valence-corrected chi connectivity index (χ3v) is 3.55. The second-order valence-corrected chi connectivity index (χ2v) is 5.19. The molecular formula is C16H22N2O3. The molecule has 1 heterocycles. The van der Waals surface area contributed by atoms with E-state index in [9.17, 15) is 9.59 Å². The van der Waals surface area contributed by atoms with Gasteiger partial charge in [-0.3, -0.25) is 4.79 Å². The Labute approximate surface area is 125 Å². The van der Waals surface area contributed by atoms with Gasteiger partial charge < -0.3 is 15.0 Å². The Kier molecular flexibility index (Phi) is 5.20. The van der Waals surface area contributed by atoms with Crippen LogP contribution in [0.25, 0.3) is 0 Å². The molecule has 2 rings (SSSR count). The van der Waals surface area contributed by atoms with Gasteiger partial charge in [0.05, 0.1) is 12.7 Å². The van der Waals surface area contributed by atoms with Gasteiger partial charge in [0.1, 0.15) is 0 Å². The molecule has 1 aromatic rings. The van der Waals surface area contributed by atoms with E-state index in [2.05, 4.69) is 12.2 Å². The first-order chi connectivity index (χ1) is 10.2. The third kappa shape index (κ3) is 3.74. The van der Waals surface area contributed by atoms with E-state index in [1.807, 2.05) is 6.07 Å². The monoisotopic (exact) mass is 290 g/mol. The Morgan fingerprint density at radius 1 is 1.33 bits per heavy atom. The quantitative estimate of drug-likeness (QED) is 0.847. The summed E-state index contributed by atoms with van der Waals surface area (Å²) in [5.41, 5.74) is 2.07. The minimum atomic E-state index is -0.388. The van der Waals surface area contributed by atoms with E-state index in [0.29, 0.717) is 18.5 Å². The predicted octanol–water partition coefficient (Wildman–Crippen LogP) is 2.81. The summed E-state index contributed by atoms with van der Waals surface area (Å²) in [5, 5.41) is 3.26. The average Bonchev–Trinajstić information content (AvgIpc) is 2.52. The van der Waals surface area contributed by atoms with Gasteiger partial charge in [0, 0.05) is 30.9 Å². The number of amides is 1. The zero-order valence-electron chi connectivity index (χ0n) is 12.6. The van der Waals surface area contributed by atoms with Crippen LogP contribution in [-0.4, -0.2) is 32.1 Å². The molecule has 0 saturated carbocycles. The van der Waals surface area contributed by atoms with E-state index < -0.39 is 0 Å². The maximum absolute atomic E-state index is 12.1. The summed E-state index contributed by atoms with van der Waals surface area (Å²) in [6.07, 6.45) is 3.49. The third-order valence-electron chi connectivity index (χ3n) is 3.55. The van der Waals surface area contributed by atoms with Crippen LogP contribution in [0, 0.1) is 0 Å². The highest BCUT2D eigenvalue weighted by Crippen LogP contribution is 2.26. The zero-order chi connectivity index (χ0) is 15.2. The molecule has 1 aromatic carbocycles. The second-order valence-electron chi connectivity index (χ2n) is 5.19. The molecule has 21 heavy (non-hydrogen) atoms. The van der Waals surface area contributed by atoms with Gasteiger partial charge in [-0.1, -0.05) is 6.92 Å². The molecule has 1 amide bonds. The molecule has 0 radical (unpaired) electrons. The van der Waals surface area contributed by atoms with Crippen molar-refractivity contribution < 1.29 is 14.3 Å². The van der Waals surface area contributed by atoms with Gasteiger partial charge in [0.15, 0.2) is 0 Å². The molecule has 5 nitrogen and oxygen atoms in total. The fourth-order valence-corrected chi connectivity index (χ4v) is 2.45. The van der Waals surface area contributed by atoms with Crippen LogP contribution < -0.4 is 10.2 Å². The minimum Gasteiger partial charge on any atom is -0.465 e. The minimum absolute atomic E-state index is 0.115. The van der Waals surface area contributed by atoms with Gasteiger partial charge in [-0.15, -0.1) is 0 Å². The van der Waals surface area contributed by atoms with Crippen molar-refractivity contribution in [1.29, 1.82) is 0 Å². The second kappa shape index (κ2) is 7.11. The number of benzene rings is 1. The first kappa shape index (κ1) is 15.4. The molecule has 1 aliphatic rings. The van der Waals surface area contributed by atoms with Crippen LogP contribution in [0.3, 0.4) is 0 Å². The van der Waals surface area contributed by atoms with Crippen LogP contribution in [0.15, 0.2) is 18.2 Å². The van der Waals surface area contributed by atoms with Crippen LogP contribution in [-0.2, 0) is 9.53 Å². The Morgan fingerprint density at radius 3 is 2.81 bits per heavy atom. The van der Waals surface area contributed by atoms with Gasteiger partial charge in [-0.2, -0.15) is 0 Å². The lowest BCUT2D eigenvalue weighted by Crippen LogP contribution is -2.35. The summed E-state index contributed by atoms with van der Waals surface area (Å²) in [4.78, 5) is 25.6. The number of methoxy groups -OCH3 is 1. The number of hydrogen-bond acceptors (Lipinski definition) is 4. The van der Waals surface area contributed by atoms with Crippen molar-refractivity contribution >= 4 is 23.3 Å². The van der Waals surface area contributed by atoms with Crippen LogP contribution in [0.4, 0.5) is 11.4 Å². The van der Waals surface area contributed by atoms with Crippen molar-refractivity contribution in [3.05, 3.63) is 23.8 Å². The molecule has 0 bridgehead atoms. The van der Waals surface area contributed by atoms with Crippen LogP contribution >= 0.6 is 0 Å². The number of nitrogens with zero attached hydrogens (tertiary/aromatic N) is 1. The number of esters is 1. The largest absolute Gasteiger partial charge is 0.465 e. The van der Waals surface area contributed by atoms with E-state index in [1.54, 1.807) is 17.0 Å². The summed E-state index contributed by atoms with van der Waals surface area (Å²) < 4.78 is 4.79. The Hall–Kier alpha value is -2.04. The topological polar surface area (TPSA) is 58.6 Å². The highest BCUT2D eigenvalue weighted by atomic mass is 16.5. The van der Waals surface area contributed by atoms with Gasteiger partial charge >= 0.3 is 5.97 Å². The highest BCUT2D eigenvalue weighted by molar-refractivity contribution is 5.97. The van der Waals surface area contributed by atoms with Crippen molar-refractivity contribution in [2.24, 2.45) is 0 Å². The molecule has 1 N–H and O–H groups in total. The number of hydrogen-bond donors (Lipinski definition) is 1. The number of piperidine rings is 1. The van der Waals surface area contributed by atoms with Crippen LogP contribution in [0.2, 0.25) is 0 Å². The lowest BCUT2D eigenvalue weighted by molar-refractivity contribution is -0.119. The molecular weight excluding hydrogens is 268 g/mol. The number of anilines is 2. The summed E-state index contributed by atoms with van der Waals surface area (Å²) in [6.45, 7) is 3.60. The number of ether oxygens (including phenoxy) is 1. The summed E-state index contributed by atoms with van der Waals surface area (Å²) >= 11 is 0. The van der Waals surface area contributed by atoms with E-state index in [-0.39, 0.29) is 11.9 Å². The standard InChI is InChI=1S/C16H22N2O3/c1-3-7-17-13-9-12(16(20)21-2)10-14(11-13)18-8-5-4-6-15(18)19/h9-11,17H,3-8H2,1-2H3. The smallest absolute Gasteiger partial charge is 0.337 e. The molecule has 1 saturated heterocycles. The van der Waals surface area contributed by atoms with Gasteiger partial charge in [0.25, 0.3) is 0 Å². The Balaban J connectivity index is 2.33. The van der Waals surface area contributed by atoms with Crippen molar-refractivity contribution in [3.8, 4) is 0 Å². The SMILES string of the molecule is CCCNc1cc(C(=O)OC)cc(N2CCCCC2=O)c1. The van der Waals surface area contributed by atoms with E-state index in [1.165, 1.54) is 7.11 Å². The number of carbonyl (C=O) groups is 2. The first-order valence-corrected chi connectivity index (χ1v) is 7.43. The summed E-state index contributed by atoms with van der Waals surface area (Å²) in [6, 6.07) is 5.41. The molecule has 114 valence electrons. The molecule has 0 aliphatic carbocycles.